The van der Waals surface area contributed by atoms with Crippen LogP contribution in [0, 0.1) is 0 Å². The topological polar surface area (TPSA) is 17.1 Å². The van der Waals surface area contributed by atoms with Gasteiger partial charge in [0, 0.05) is 26.7 Å². The summed E-state index contributed by atoms with van der Waals surface area (Å²) in [7, 11) is 0. The molecule has 0 aromatic heterocycles. The Balaban J connectivity index is 2.72. The Labute approximate surface area is 124 Å². The van der Waals surface area contributed by atoms with E-state index in [1.54, 1.807) is 30.3 Å². The summed E-state index contributed by atoms with van der Waals surface area (Å²) in [4.78, 5) is 10.8. The summed E-state index contributed by atoms with van der Waals surface area (Å²) in [6.07, 6.45) is 0.736. The van der Waals surface area contributed by atoms with Gasteiger partial charge in [-0.3, -0.25) is 4.79 Å². The Morgan fingerprint density at radius 3 is 2.22 bits per heavy atom. The SMILES string of the molecule is O=Cc1ccc(Cl)c(-c2cc(Cl)cc(Cl)c2Cl)c1. The maximum atomic E-state index is 10.8. The van der Waals surface area contributed by atoms with E-state index in [0.717, 1.165) is 6.29 Å². The second kappa shape index (κ2) is 5.50. The summed E-state index contributed by atoms with van der Waals surface area (Å²) in [5.41, 5.74) is 1.72. The van der Waals surface area contributed by atoms with Crippen molar-refractivity contribution in [3.05, 3.63) is 56.0 Å². The van der Waals surface area contributed by atoms with Crippen LogP contribution in [-0.2, 0) is 0 Å². The molecular weight excluding hydrogens is 314 g/mol. The maximum absolute atomic E-state index is 10.8. The second-order valence-corrected chi connectivity index (χ2v) is 5.24. The fraction of sp³-hybridized carbons (Fsp3) is 0. The minimum Gasteiger partial charge on any atom is -0.298 e. The van der Waals surface area contributed by atoms with E-state index in [2.05, 4.69) is 0 Å². The molecule has 0 bridgehead atoms. The molecule has 0 unspecified atom stereocenters. The number of carbonyl (C=O) groups excluding carboxylic acids is 1. The summed E-state index contributed by atoms with van der Waals surface area (Å²) >= 11 is 24.1. The van der Waals surface area contributed by atoms with E-state index in [1.807, 2.05) is 0 Å². The molecule has 92 valence electrons. The standard InChI is InChI=1S/C13H6Cl4O/c14-8-4-10(13(17)12(16)5-8)9-3-7(6-18)1-2-11(9)15/h1-6H. The van der Waals surface area contributed by atoms with Gasteiger partial charge in [-0.1, -0.05) is 52.5 Å². The molecule has 0 spiro atoms. The molecule has 0 amide bonds. The van der Waals surface area contributed by atoms with Crippen LogP contribution in [0.4, 0.5) is 0 Å². The summed E-state index contributed by atoms with van der Waals surface area (Å²) in [6, 6.07) is 8.10. The van der Waals surface area contributed by atoms with Crippen LogP contribution in [-0.4, -0.2) is 6.29 Å². The number of aldehydes is 1. The molecule has 0 aliphatic rings. The number of rotatable bonds is 2. The number of hydrogen-bond acceptors (Lipinski definition) is 1. The lowest BCUT2D eigenvalue weighted by Gasteiger charge is -2.09. The quantitative estimate of drug-likeness (QED) is 0.506. The Morgan fingerprint density at radius 1 is 0.833 bits per heavy atom. The summed E-state index contributed by atoms with van der Waals surface area (Å²) in [5, 5.41) is 1.62. The highest BCUT2D eigenvalue weighted by Crippen LogP contribution is 2.39. The van der Waals surface area contributed by atoms with Crippen molar-refractivity contribution in [3.63, 3.8) is 0 Å². The normalized spacial score (nSPS) is 10.4. The van der Waals surface area contributed by atoms with Crippen molar-refractivity contribution in [2.45, 2.75) is 0 Å². The minimum absolute atomic E-state index is 0.340. The molecule has 0 radical (unpaired) electrons. The van der Waals surface area contributed by atoms with E-state index in [4.69, 9.17) is 46.4 Å². The summed E-state index contributed by atoms with van der Waals surface area (Å²) in [6.45, 7) is 0. The molecule has 0 saturated carbocycles. The van der Waals surface area contributed by atoms with Crippen LogP contribution in [0.3, 0.4) is 0 Å². The Hall–Kier alpha value is -0.730. The largest absolute Gasteiger partial charge is 0.298 e. The molecule has 0 aliphatic carbocycles. The molecule has 2 aromatic carbocycles. The zero-order valence-corrected chi connectivity index (χ0v) is 11.9. The van der Waals surface area contributed by atoms with Gasteiger partial charge in [-0.25, -0.2) is 0 Å². The zero-order chi connectivity index (χ0) is 13.3. The molecule has 2 aromatic rings. The fourth-order valence-corrected chi connectivity index (χ4v) is 2.50. The molecule has 0 atom stereocenters. The summed E-state index contributed by atoms with van der Waals surface area (Å²) in [5.74, 6) is 0. The molecule has 0 saturated heterocycles. The highest BCUT2D eigenvalue weighted by Gasteiger charge is 2.12. The lowest BCUT2D eigenvalue weighted by atomic mass is 10.0. The first-order chi connectivity index (χ1) is 8.52. The highest BCUT2D eigenvalue weighted by molar-refractivity contribution is 6.45. The van der Waals surface area contributed by atoms with Gasteiger partial charge in [0.25, 0.3) is 0 Å². The average molecular weight is 320 g/mol. The van der Waals surface area contributed by atoms with Gasteiger partial charge < -0.3 is 0 Å². The van der Waals surface area contributed by atoms with Crippen LogP contribution >= 0.6 is 46.4 Å². The van der Waals surface area contributed by atoms with E-state index >= 15 is 0 Å². The first-order valence-corrected chi connectivity index (χ1v) is 6.43. The van der Waals surface area contributed by atoms with Crippen molar-refractivity contribution >= 4 is 52.7 Å². The first-order valence-electron chi connectivity index (χ1n) is 4.92. The third-order valence-corrected chi connectivity index (χ3v) is 3.76. The van der Waals surface area contributed by atoms with Gasteiger partial charge in [-0.15, -0.1) is 0 Å². The third kappa shape index (κ3) is 2.65. The lowest BCUT2D eigenvalue weighted by Crippen LogP contribution is -1.87. The minimum atomic E-state index is 0.340. The van der Waals surface area contributed by atoms with E-state index in [9.17, 15) is 4.79 Å². The van der Waals surface area contributed by atoms with Crippen LogP contribution in [0.25, 0.3) is 11.1 Å². The molecule has 0 fully saturated rings. The van der Waals surface area contributed by atoms with Crippen molar-refractivity contribution in [2.75, 3.05) is 0 Å². The van der Waals surface area contributed by atoms with Crippen molar-refractivity contribution in [1.29, 1.82) is 0 Å². The molecule has 0 aliphatic heterocycles. The van der Waals surface area contributed by atoms with Crippen molar-refractivity contribution in [2.24, 2.45) is 0 Å². The maximum Gasteiger partial charge on any atom is 0.150 e. The first kappa shape index (κ1) is 13.7. The van der Waals surface area contributed by atoms with E-state index in [0.29, 0.717) is 36.8 Å². The monoisotopic (exact) mass is 318 g/mol. The van der Waals surface area contributed by atoms with E-state index in [-0.39, 0.29) is 0 Å². The fourth-order valence-electron chi connectivity index (χ4n) is 1.57. The molecule has 0 heterocycles. The number of benzene rings is 2. The van der Waals surface area contributed by atoms with Gasteiger partial charge in [0.1, 0.15) is 6.29 Å². The van der Waals surface area contributed by atoms with Crippen molar-refractivity contribution in [3.8, 4) is 11.1 Å². The van der Waals surface area contributed by atoms with Gasteiger partial charge in [0.2, 0.25) is 0 Å². The molecule has 0 N–H and O–H groups in total. The molecular formula is C13H6Cl4O. The second-order valence-electron chi connectivity index (χ2n) is 3.61. The number of hydrogen-bond donors (Lipinski definition) is 0. The predicted octanol–water partition coefficient (Wildman–Crippen LogP) is 5.78. The Morgan fingerprint density at radius 2 is 1.56 bits per heavy atom. The molecule has 5 heteroatoms. The van der Waals surface area contributed by atoms with Gasteiger partial charge in [0.15, 0.2) is 0 Å². The van der Waals surface area contributed by atoms with Crippen molar-refractivity contribution in [1.82, 2.24) is 0 Å². The lowest BCUT2D eigenvalue weighted by molar-refractivity contribution is 0.112. The summed E-state index contributed by atoms with van der Waals surface area (Å²) < 4.78 is 0. The van der Waals surface area contributed by atoms with Crippen LogP contribution in [0.2, 0.25) is 20.1 Å². The molecule has 1 nitrogen and oxygen atoms in total. The van der Waals surface area contributed by atoms with Crippen molar-refractivity contribution < 1.29 is 4.79 Å². The van der Waals surface area contributed by atoms with Crippen LogP contribution in [0.15, 0.2) is 30.3 Å². The highest BCUT2D eigenvalue weighted by atomic mass is 35.5. The number of halogens is 4. The third-order valence-electron chi connectivity index (χ3n) is 2.41. The zero-order valence-electron chi connectivity index (χ0n) is 8.88. The smallest absolute Gasteiger partial charge is 0.150 e. The number of carbonyl (C=O) groups is 1. The molecule has 2 rings (SSSR count). The van der Waals surface area contributed by atoms with Crippen LogP contribution in [0.5, 0.6) is 0 Å². The van der Waals surface area contributed by atoms with E-state index < -0.39 is 0 Å². The van der Waals surface area contributed by atoms with E-state index in [1.165, 1.54) is 0 Å². The average Bonchev–Trinajstić information content (AvgIpc) is 2.34. The van der Waals surface area contributed by atoms with Gasteiger partial charge in [-0.05, 0) is 24.3 Å². The van der Waals surface area contributed by atoms with Crippen LogP contribution in [0.1, 0.15) is 10.4 Å². The predicted molar refractivity (Wildman–Crippen MR) is 77.3 cm³/mol. The van der Waals surface area contributed by atoms with Gasteiger partial charge in [0.05, 0.1) is 10.0 Å². The Kier molecular flexibility index (Phi) is 4.18. The Bertz CT molecular complexity index is 623. The van der Waals surface area contributed by atoms with Crippen LogP contribution < -0.4 is 0 Å². The van der Waals surface area contributed by atoms with Gasteiger partial charge in [-0.2, -0.15) is 0 Å². The van der Waals surface area contributed by atoms with Gasteiger partial charge >= 0.3 is 0 Å². The molecule has 18 heavy (non-hydrogen) atoms.